The highest BCUT2D eigenvalue weighted by Crippen LogP contribution is 2.53. The van der Waals surface area contributed by atoms with E-state index < -0.39 is 11.9 Å². The lowest BCUT2D eigenvalue weighted by Gasteiger charge is -2.27. The smallest absolute Gasteiger partial charge is 0.248 e. The third kappa shape index (κ3) is 3.39. The van der Waals surface area contributed by atoms with Crippen molar-refractivity contribution in [3.8, 4) is 5.75 Å². The van der Waals surface area contributed by atoms with Crippen LogP contribution in [0.25, 0.3) is 0 Å². The molecule has 1 saturated heterocycles. The van der Waals surface area contributed by atoms with Gasteiger partial charge in [-0.25, -0.2) is 0 Å². The third-order valence-corrected chi connectivity index (χ3v) is 7.05. The van der Waals surface area contributed by atoms with E-state index in [1.54, 1.807) is 18.2 Å². The zero-order chi connectivity index (χ0) is 22.4. The van der Waals surface area contributed by atoms with Gasteiger partial charge >= 0.3 is 0 Å². The van der Waals surface area contributed by atoms with Gasteiger partial charge in [-0.05, 0) is 42.0 Å². The standard InChI is InChI=1S/C25H23ClN2O4/c1-32-20-10-9-17(26)13-18(20)27-23(29)19(11-14-5-3-2-4-6-14)28-24(30)21-15-7-8-16(12-15)22(21)25(28)31/h2-10,13,15-16,19,21-22H,11-12H2,1H3,(H,27,29)/t15-,16+,19-,21-,22+/m0/s1. The molecule has 0 spiro atoms. The summed E-state index contributed by atoms with van der Waals surface area (Å²) in [6.45, 7) is 0. The van der Waals surface area contributed by atoms with Gasteiger partial charge in [-0.3, -0.25) is 19.3 Å². The number of carbonyl (C=O) groups excluding carboxylic acids is 3. The number of hydrogen-bond donors (Lipinski definition) is 1. The fourth-order valence-corrected chi connectivity index (χ4v) is 5.54. The van der Waals surface area contributed by atoms with Crippen LogP contribution in [0, 0.1) is 23.7 Å². The highest BCUT2D eigenvalue weighted by atomic mass is 35.5. The number of likely N-dealkylation sites (tertiary alicyclic amines) is 1. The predicted octanol–water partition coefficient (Wildman–Crippen LogP) is 3.71. The molecule has 0 unspecified atom stereocenters. The Bertz CT molecular complexity index is 1090. The van der Waals surface area contributed by atoms with Gasteiger partial charge < -0.3 is 10.1 Å². The van der Waals surface area contributed by atoms with Crippen LogP contribution >= 0.6 is 11.6 Å². The first kappa shape index (κ1) is 20.8. The Labute approximate surface area is 191 Å². The van der Waals surface area contributed by atoms with Crippen molar-refractivity contribution in [3.05, 3.63) is 71.3 Å². The Morgan fingerprint density at radius 1 is 1.09 bits per heavy atom. The van der Waals surface area contributed by atoms with Crippen molar-refractivity contribution in [2.45, 2.75) is 18.9 Å². The molecule has 7 heteroatoms. The van der Waals surface area contributed by atoms with Crippen molar-refractivity contribution in [1.82, 2.24) is 4.90 Å². The number of allylic oxidation sites excluding steroid dienone is 2. The number of anilines is 1. The molecule has 5 rings (SSSR count). The van der Waals surface area contributed by atoms with E-state index in [1.807, 2.05) is 42.5 Å². The monoisotopic (exact) mass is 450 g/mol. The van der Waals surface area contributed by atoms with E-state index in [0.717, 1.165) is 12.0 Å². The van der Waals surface area contributed by atoms with Gasteiger partial charge in [0.15, 0.2) is 0 Å². The maximum Gasteiger partial charge on any atom is 0.248 e. The molecule has 1 N–H and O–H groups in total. The van der Waals surface area contributed by atoms with E-state index in [1.165, 1.54) is 12.0 Å². The largest absolute Gasteiger partial charge is 0.495 e. The van der Waals surface area contributed by atoms with Crippen molar-refractivity contribution >= 4 is 35.0 Å². The van der Waals surface area contributed by atoms with Gasteiger partial charge in [0, 0.05) is 11.4 Å². The fraction of sp³-hybridized carbons (Fsp3) is 0.320. The van der Waals surface area contributed by atoms with Crippen LogP contribution in [0.5, 0.6) is 5.75 Å². The highest BCUT2D eigenvalue weighted by molar-refractivity contribution is 6.31. The number of nitrogens with zero attached hydrogens (tertiary/aromatic N) is 1. The average molecular weight is 451 g/mol. The molecule has 2 aromatic carbocycles. The van der Waals surface area contributed by atoms with Gasteiger partial charge in [-0.15, -0.1) is 0 Å². The Hall–Kier alpha value is -3.12. The lowest BCUT2D eigenvalue weighted by molar-refractivity contribution is -0.147. The zero-order valence-corrected chi connectivity index (χ0v) is 18.3. The number of fused-ring (bicyclic) bond motifs is 5. The molecule has 2 bridgehead atoms. The summed E-state index contributed by atoms with van der Waals surface area (Å²) in [6, 6.07) is 13.3. The maximum atomic E-state index is 13.5. The van der Waals surface area contributed by atoms with Gasteiger partial charge in [-0.2, -0.15) is 0 Å². The van der Waals surface area contributed by atoms with Crippen molar-refractivity contribution in [3.63, 3.8) is 0 Å². The SMILES string of the molecule is COc1ccc(Cl)cc1NC(=O)[C@H](Cc1ccccc1)N1C(=O)[C@@H]2[C@H](C1=O)[C@@H]1C=C[C@H]2C1. The lowest BCUT2D eigenvalue weighted by atomic mass is 9.85. The number of benzene rings is 2. The Kier molecular flexibility index (Phi) is 5.25. The van der Waals surface area contributed by atoms with Crippen LogP contribution in [0.15, 0.2) is 60.7 Å². The fourth-order valence-electron chi connectivity index (χ4n) is 5.37. The second-order valence-corrected chi connectivity index (χ2v) is 9.02. The molecule has 5 atom stereocenters. The first-order valence-corrected chi connectivity index (χ1v) is 11.1. The summed E-state index contributed by atoms with van der Waals surface area (Å²) in [5.74, 6) is -1.04. The number of nitrogens with one attached hydrogen (secondary N) is 1. The topological polar surface area (TPSA) is 75.7 Å². The number of ether oxygens (including phenoxy) is 1. The van der Waals surface area contributed by atoms with Crippen LogP contribution in [-0.4, -0.2) is 35.8 Å². The van der Waals surface area contributed by atoms with Gasteiger partial charge in [0.05, 0.1) is 24.6 Å². The number of hydrogen-bond acceptors (Lipinski definition) is 4. The maximum absolute atomic E-state index is 13.5. The molecule has 3 aliphatic rings. The van der Waals surface area contributed by atoms with Crippen LogP contribution in [0.1, 0.15) is 12.0 Å². The van der Waals surface area contributed by atoms with Gasteiger partial charge in [0.25, 0.3) is 0 Å². The van der Waals surface area contributed by atoms with Crippen LogP contribution in [0.2, 0.25) is 5.02 Å². The number of amides is 3. The molecule has 2 aliphatic carbocycles. The summed E-state index contributed by atoms with van der Waals surface area (Å²) < 4.78 is 5.33. The molecule has 1 aliphatic heterocycles. The van der Waals surface area contributed by atoms with E-state index in [2.05, 4.69) is 5.32 Å². The molecular weight excluding hydrogens is 428 g/mol. The normalized spacial score (nSPS) is 26.4. The molecule has 32 heavy (non-hydrogen) atoms. The van der Waals surface area contributed by atoms with Crippen LogP contribution < -0.4 is 10.1 Å². The van der Waals surface area contributed by atoms with E-state index in [-0.39, 0.29) is 41.9 Å². The number of rotatable bonds is 6. The second kappa shape index (κ2) is 8.10. The minimum Gasteiger partial charge on any atom is -0.495 e. The summed E-state index contributed by atoms with van der Waals surface area (Å²) in [5, 5.41) is 3.27. The number of imide groups is 1. The molecule has 2 fully saturated rings. The molecule has 164 valence electrons. The van der Waals surface area contributed by atoms with Gasteiger partial charge in [0.1, 0.15) is 11.8 Å². The molecule has 0 aromatic heterocycles. The average Bonchev–Trinajstić information content (AvgIpc) is 3.47. The summed E-state index contributed by atoms with van der Waals surface area (Å²) in [5.41, 5.74) is 1.26. The van der Waals surface area contributed by atoms with Gasteiger partial charge in [-0.1, -0.05) is 54.1 Å². The van der Waals surface area contributed by atoms with Crippen LogP contribution in [0.3, 0.4) is 0 Å². The third-order valence-electron chi connectivity index (χ3n) is 6.81. The van der Waals surface area contributed by atoms with Crippen LogP contribution in [-0.2, 0) is 20.8 Å². The molecule has 6 nitrogen and oxygen atoms in total. The first-order valence-electron chi connectivity index (χ1n) is 10.7. The summed E-state index contributed by atoms with van der Waals surface area (Å²) in [6.07, 6.45) is 5.17. The minimum atomic E-state index is -0.967. The number of methoxy groups -OCH3 is 1. The Morgan fingerprint density at radius 3 is 2.38 bits per heavy atom. The highest BCUT2D eigenvalue weighted by Gasteiger charge is 2.61. The molecular formula is C25H23ClN2O4. The van der Waals surface area contributed by atoms with E-state index >= 15 is 0 Å². The molecule has 2 aromatic rings. The zero-order valence-electron chi connectivity index (χ0n) is 17.5. The van der Waals surface area contributed by atoms with Crippen molar-refractivity contribution in [2.24, 2.45) is 23.7 Å². The molecule has 3 amide bonds. The van der Waals surface area contributed by atoms with Crippen molar-refractivity contribution < 1.29 is 19.1 Å². The second-order valence-electron chi connectivity index (χ2n) is 8.59. The summed E-state index contributed by atoms with van der Waals surface area (Å²) in [7, 11) is 1.50. The first-order chi connectivity index (χ1) is 15.5. The van der Waals surface area contributed by atoms with E-state index in [4.69, 9.17) is 16.3 Å². The number of carbonyl (C=O) groups is 3. The lowest BCUT2D eigenvalue weighted by Crippen LogP contribution is -2.49. The molecule has 0 radical (unpaired) electrons. The quantitative estimate of drug-likeness (QED) is 0.537. The predicted molar refractivity (Wildman–Crippen MR) is 120 cm³/mol. The summed E-state index contributed by atoms with van der Waals surface area (Å²) in [4.78, 5) is 41.5. The van der Waals surface area contributed by atoms with Crippen molar-refractivity contribution in [1.29, 1.82) is 0 Å². The van der Waals surface area contributed by atoms with Crippen molar-refractivity contribution in [2.75, 3.05) is 12.4 Å². The Balaban J connectivity index is 1.48. The molecule has 1 saturated carbocycles. The minimum absolute atomic E-state index is 0.0833. The van der Waals surface area contributed by atoms with Gasteiger partial charge in [0.2, 0.25) is 17.7 Å². The van der Waals surface area contributed by atoms with Crippen LogP contribution in [0.4, 0.5) is 5.69 Å². The number of halogens is 1. The van der Waals surface area contributed by atoms with E-state index in [0.29, 0.717) is 16.5 Å². The Morgan fingerprint density at radius 2 is 1.75 bits per heavy atom. The van der Waals surface area contributed by atoms with E-state index in [9.17, 15) is 14.4 Å². The summed E-state index contributed by atoms with van der Waals surface area (Å²) >= 11 is 6.11. The molecule has 1 heterocycles.